The molecule has 0 saturated heterocycles. The Morgan fingerprint density at radius 2 is 2.00 bits per heavy atom. The van der Waals surface area contributed by atoms with Crippen LogP contribution in [-0.4, -0.2) is 10.7 Å². The molecule has 0 fully saturated rings. The third-order valence-electron chi connectivity index (χ3n) is 2.85. The molecule has 20 heavy (non-hydrogen) atoms. The molecule has 0 atom stereocenters. The fourth-order valence-corrected chi connectivity index (χ4v) is 2.54. The Kier molecular flexibility index (Phi) is 4.10. The van der Waals surface area contributed by atoms with Crippen molar-refractivity contribution < 1.29 is 9.72 Å². The maximum Gasteiger partial charge on any atom is 0.273 e. The first kappa shape index (κ1) is 14.1. The van der Waals surface area contributed by atoms with Gasteiger partial charge in [0.15, 0.2) is 5.78 Å². The second kappa shape index (κ2) is 5.79. The van der Waals surface area contributed by atoms with Crippen LogP contribution in [0, 0.1) is 24.0 Å². The van der Waals surface area contributed by atoms with E-state index in [-0.39, 0.29) is 11.5 Å². The molecule has 102 valence electrons. The van der Waals surface area contributed by atoms with Crippen LogP contribution >= 0.6 is 11.3 Å². The number of ketones is 1. The molecule has 0 N–H and O–H groups in total. The first-order valence-corrected chi connectivity index (χ1v) is 6.83. The highest BCUT2D eigenvalue weighted by molar-refractivity contribution is 7.12. The van der Waals surface area contributed by atoms with E-state index >= 15 is 0 Å². The van der Waals surface area contributed by atoms with Crippen molar-refractivity contribution in [1.82, 2.24) is 0 Å². The van der Waals surface area contributed by atoms with Crippen molar-refractivity contribution in [2.45, 2.75) is 13.8 Å². The molecule has 0 aliphatic carbocycles. The van der Waals surface area contributed by atoms with Crippen LogP contribution in [0.1, 0.15) is 25.7 Å². The average Bonchev–Trinajstić information content (AvgIpc) is 2.82. The predicted octanol–water partition coefficient (Wildman–Crippen LogP) is 4.17. The van der Waals surface area contributed by atoms with Crippen molar-refractivity contribution in [3.8, 4) is 0 Å². The molecule has 0 aliphatic heterocycles. The van der Waals surface area contributed by atoms with Gasteiger partial charge in [0.1, 0.15) is 0 Å². The van der Waals surface area contributed by atoms with E-state index in [4.69, 9.17) is 0 Å². The molecule has 0 amide bonds. The minimum atomic E-state index is -0.474. The molecule has 4 nitrogen and oxygen atoms in total. The zero-order valence-electron chi connectivity index (χ0n) is 11.1. The quantitative estimate of drug-likeness (QED) is 0.367. The fraction of sp³-hybridized carbons (Fsp3) is 0.133. The maximum absolute atomic E-state index is 12.0. The zero-order chi connectivity index (χ0) is 14.7. The van der Waals surface area contributed by atoms with Crippen molar-refractivity contribution in [3.63, 3.8) is 0 Å². The van der Waals surface area contributed by atoms with Crippen LogP contribution in [-0.2, 0) is 0 Å². The number of nitro groups is 1. The molecule has 0 aliphatic rings. The van der Waals surface area contributed by atoms with Gasteiger partial charge in [0, 0.05) is 26.9 Å². The summed E-state index contributed by atoms with van der Waals surface area (Å²) in [5, 5.41) is 10.9. The summed E-state index contributed by atoms with van der Waals surface area (Å²) < 4.78 is 0. The van der Waals surface area contributed by atoms with Gasteiger partial charge in [0.05, 0.1) is 4.92 Å². The smallest absolute Gasteiger partial charge is 0.273 e. The molecule has 5 heteroatoms. The summed E-state index contributed by atoms with van der Waals surface area (Å²) in [7, 11) is 0. The molecule has 0 saturated carbocycles. The second-order valence-electron chi connectivity index (χ2n) is 4.40. The van der Waals surface area contributed by atoms with E-state index in [1.807, 2.05) is 19.1 Å². The maximum atomic E-state index is 12.0. The topological polar surface area (TPSA) is 60.2 Å². The van der Waals surface area contributed by atoms with Gasteiger partial charge in [-0.25, -0.2) is 0 Å². The highest BCUT2D eigenvalue weighted by Gasteiger charge is 2.13. The summed E-state index contributed by atoms with van der Waals surface area (Å²) in [4.78, 5) is 24.5. The Morgan fingerprint density at radius 1 is 1.25 bits per heavy atom. The summed E-state index contributed by atoms with van der Waals surface area (Å²) >= 11 is 1.59. The van der Waals surface area contributed by atoms with Gasteiger partial charge >= 0.3 is 0 Å². The Hall–Kier alpha value is -2.27. The SMILES string of the molecule is Cc1ccc(/C=C/C(=O)c2ccc(C)c([N+](=O)[O-])c2)s1. The minimum Gasteiger partial charge on any atom is -0.289 e. The zero-order valence-corrected chi connectivity index (χ0v) is 11.9. The third kappa shape index (κ3) is 3.19. The van der Waals surface area contributed by atoms with Crippen molar-refractivity contribution in [1.29, 1.82) is 0 Å². The largest absolute Gasteiger partial charge is 0.289 e. The van der Waals surface area contributed by atoms with Gasteiger partial charge in [0.25, 0.3) is 5.69 Å². The predicted molar refractivity (Wildman–Crippen MR) is 80.3 cm³/mol. The summed E-state index contributed by atoms with van der Waals surface area (Å²) in [6, 6.07) is 8.43. The van der Waals surface area contributed by atoms with Gasteiger partial charge in [-0.2, -0.15) is 0 Å². The number of aryl methyl sites for hydroxylation is 2. The molecule has 0 bridgehead atoms. The highest BCUT2D eigenvalue weighted by atomic mass is 32.1. The number of rotatable bonds is 4. The van der Waals surface area contributed by atoms with Gasteiger partial charge in [-0.15, -0.1) is 11.3 Å². The van der Waals surface area contributed by atoms with E-state index in [9.17, 15) is 14.9 Å². The molecule has 0 radical (unpaired) electrons. The van der Waals surface area contributed by atoms with Crippen molar-refractivity contribution in [2.75, 3.05) is 0 Å². The van der Waals surface area contributed by atoms with E-state index in [1.54, 1.807) is 36.5 Å². The second-order valence-corrected chi connectivity index (χ2v) is 5.72. The van der Waals surface area contributed by atoms with E-state index in [0.29, 0.717) is 11.1 Å². The third-order valence-corrected chi connectivity index (χ3v) is 3.82. The van der Waals surface area contributed by atoms with Crippen molar-refractivity contribution >= 4 is 28.9 Å². The Labute approximate surface area is 120 Å². The van der Waals surface area contributed by atoms with Crippen LogP contribution in [0.15, 0.2) is 36.4 Å². The van der Waals surface area contributed by atoms with Crippen molar-refractivity contribution in [2.24, 2.45) is 0 Å². The Morgan fingerprint density at radius 3 is 2.60 bits per heavy atom. The number of nitrogens with zero attached hydrogens (tertiary/aromatic N) is 1. The molecule has 0 spiro atoms. The standard InChI is InChI=1S/C15H13NO3S/c1-10-3-5-12(9-14(10)16(18)19)15(17)8-7-13-6-4-11(2)20-13/h3-9H,1-2H3/b8-7+. The Balaban J connectivity index is 2.23. The molecule has 1 heterocycles. The molecule has 2 rings (SSSR count). The normalized spacial score (nSPS) is 10.9. The number of thiophene rings is 1. The lowest BCUT2D eigenvalue weighted by Gasteiger charge is -1.99. The van der Waals surface area contributed by atoms with Gasteiger partial charge in [-0.1, -0.05) is 12.1 Å². The number of carbonyl (C=O) groups is 1. The van der Waals surface area contributed by atoms with Crippen LogP contribution in [0.5, 0.6) is 0 Å². The van der Waals surface area contributed by atoms with E-state index in [2.05, 4.69) is 0 Å². The highest BCUT2D eigenvalue weighted by Crippen LogP contribution is 2.21. The van der Waals surface area contributed by atoms with E-state index < -0.39 is 4.92 Å². The minimum absolute atomic E-state index is 0.0313. The van der Waals surface area contributed by atoms with Crippen LogP contribution in [0.25, 0.3) is 6.08 Å². The number of hydrogen-bond donors (Lipinski definition) is 0. The molecule has 0 unspecified atom stereocenters. The summed E-state index contributed by atoms with van der Waals surface area (Å²) in [6.07, 6.45) is 3.17. The van der Waals surface area contributed by atoms with Crippen LogP contribution in [0.4, 0.5) is 5.69 Å². The summed E-state index contributed by atoms with van der Waals surface area (Å²) in [5.74, 6) is -0.237. The molecule has 2 aromatic rings. The lowest BCUT2D eigenvalue weighted by molar-refractivity contribution is -0.385. The monoisotopic (exact) mass is 287 g/mol. The van der Waals surface area contributed by atoms with Gasteiger partial charge in [-0.05, 0) is 38.1 Å². The van der Waals surface area contributed by atoms with Crippen LogP contribution in [0.3, 0.4) is 0 Å². The van der Waals surface area contributed by atoms with Crippen molar-refractivity contribution in [3.05, 3.63) is 67.4 Å². The summed E-state index contributed by atoms with van der Waals surface area (Å²) in [5.41, 5.74) is 0.840. The van der Waals surface area contributed by atoms with E-state index in [0.717, 1.165) is 4.88 Å². The van der Waals surface area contributed by atoms with Gasteiger partial charge in [-0.3, -0.25) is 14.9 Å². The van der Waals surface area contributed by atoms with Gasteiger partial charge in [0.2, 0.25) is 0 Å². The number of allylic oxidation sites excluding steroid dienone is 1. The summed E-state index contributed by atoms with van der Waals surface area (Å²) in [6.45, 7) is 3.64. The van der Waals surface area contributed by atoms with Gasteiger partial charge < -0.3 is 0 Å². The number of carbonyl (C=O) groups excluding carboxylic acids is 1. The van der Waals surface area contributed by atoms with E-state index in [1.165, 1.54) is 17.0 Å². The number of benzene rings is 1. The number of hydrogen-bond acceptors (Lipinski definition) is 4. The lowest BCUT2D eigenvalue weighted by Crippen LogP contribution is -1.98. The first-order chi connectivity index (χ1) is 9.47. The van der Waals surface area contributed by atoms with Crippen LogP contribution < -0.4 is 0 Å². The number of nitro benzene ring substituents is 1. The molecular weight excluding hydrogens is 274 g/mol. The average molecular weight is 287 g/mol. The van der Waals surface area contributed by atoms with Crippen LogP contribution in [0.2, 0.25) is 0 Å². The fourth-order valence-electron chi connectivity index (χ4n) is 1.76. The first-order valence-electron chi connectivity index (χ1n) is 6.01. The molecule has 1 aromatic carbocycles. The molecule has 1 aromatic heterocycles. The lowest BCUT2D eigenvalue weighted by atomic mass is 10.1. The molecular formula is C15H13NO3S. The Bertz CT molecular complexity index is 701.